The largest absolute Gasteiger partial charge is 0.493 e. The van der Waals surface area contributed by atoms with Crippen molar-refractivity contribution in [1.29, 1.82) is 0 Å². The van der Waals surface area contributed by atoms with E-state index in [0.717, 1.165) is 21.1 Å². The molecule has 0 aliphatic carbocycles. The minimum Gasteiger partial charge on any atom is -0.493 e. The second kappa shape index (κ2) is 10.0. The van der Waals surface area contributed by atoms with E-state index >= 15 is 0 Å². The molecule has 0 bridgehead atoms. The second-order valence-electron chi connectivity index (χ2n) is 7.59. The van der Waals surface area contributed by atoms with Crippen LogP contribution in [-0.4, -0.2) is 35.1 Å². The van der Waals surface area contributed by atoms with E-state index in [1.807, 2.05) is 30.3 Å². The standard InChI is InChI=1S/C26H23FN2O5S/c1-33-24-14-13-21(16-25(24)34-2)35(31,32)29(23-10-6-5-9-22(23)27)17-26(30)28-20-12-11-18-7-3-4-8-19(18)15-20/h3-16H,17H2,1-2H3,(H,28,30). The molecule has 1 N–H and O–H groups in total. The molecule has 0 heterocycles. The van der Waals surface area contributed by atoms with E-state index in [1.165, 1.54) is 50.6 Å². The van der Waals surface area contributed by atoms with Crippen molar-refractivity contribution in [2.24, 2.45) is 0 Å². The summed E-state index contributed by atoms with van der Waals surface area (Å²) in [5, 5.41) is 4.61. The Labute approximate surface area is 202 Å². The number of amides is 1. The van der Waals surface area contributed by atoms with Gasteiger partial charge in [-0.1, -0.05) is 42.5 Å². The van der Waals surface area contributed by atoms with Crippen molar-refractivity contribution in [2.45, 2.75) is 4.90 Å². The van der Waals surface area contributed by atoms with Crippen LogP contribution in [0.5, 0.6) is 11.5 Å². The number of para-hydroxylation sites is 1. The molecule has 0 saturated carbocycles. The van der Waals surface area contributed by atoms with E-state index in [2.05, 4.69) is 5.32 Å². The van der Waals surface area contributed by atoms with Crippen LogP contribution in [0.3, 0.4) is 0 Å². The molecule has 1 amide bonds. The van der Waals surface area contributed by atoms with Gasteiger partial charge in [0.25, 0.3) is 10.0 Å². The summed E-state index contributed by atoms with van der Waals surface area (Å²) in [7, 11) is -1.56. The van der Waals surface area contributed by atoms with Gasteiger partial charge < -0.3 is 14.8 Å². The van der Waals surface area contributed by atoms with Crippen LogP contribution in [0.1, 0.15) is 0 Å². The van der Waals surface area contributed by atoms with Gasteiger partial charge in [-0.05, 0) is 47.2 Å². The fourth-order valence-corrected chi connectivity index (χ4v) is 5.10. The van der Waals surface area contributed by atoms with Gasteiger partial charge in [-0.15, -0.1) is 0 Å². The third-order valence-corrected chi connectivity index (χ3v) is 7.14. The van der Waals surface area contributed by atoms with E-state index in [-0.39, 0.29) is 16.3 Å². The monoisotopic (exact) mass is 494 g/mol. The maximum absolute atomic E-state index is 14.7. The molecule has 4 rings (SSSR count). The van der Waals surface area contributed by atoms with Crippen LogP contribution in [0.2, 0.25) is 0 Å². The van der Waals surface area contributed by atoms with Crippen LogP contribution >= 0.6 is 0 Å². The smallest absolute Gasteiger partial charge is 0.265 e. The molecule has 0 fully saturated rings. The number of methoxy groups -OCH3 is 2. The van der Waals surface area contributed by atoms with Gasteiger partial charge in [0.2, 0.25) is 5.91 Å². The van der Waals surface area contributed by atoms with Crippen LogP contribution in [-0.2, 0) is 14.8 Å². The third-order valence-electron chi connectivity index (χ3n) is 5.38. The highest BCUT2D eigenvalue weighted by Gasteiger charge is 2.30. The van der Waals surface area contributed by atoms with Crippen LogP contribution in [0.15, 0.2) is 89.8 Å². The van der Waals surface area contributed by atoms with Gasteiger partial charge in [-0.25, -0.2) is 12.8 Å². The van der Waals surface area contributed by atoms with E-state index < -0.39 is 28.3 Å². The summed E-state index contributed by atoms with van der Waals surface area (Å²) >= 11 is 0. The van der Waals surface area contributed by atoms with Gasteiger partial charge in [0, 0.05) is 11.8 Å². The van der Waals surface area contributed by atoms with Crippen LogP contribution < -0.4 is 19.1 Å². The number of hydrogen-bond acceptors (Lipinski definition) is 5. The molecule has 0 saturated heterocycles. The maximum atomic E-state index is 14.7. The van der Waals surface area contributed by atoms with Gasteiger partial charge in [0.1, 0.15) is 12.4 Å². The lowest BCUT2D eigenvalue weighted by Crippen LogP contribution is -2.38. The first-order valence-corrected chi connectivity index (χ1v) is 12.1. The number of nitrogens with zero attached hydrogens (tertiary/aromatic N) is 1. The SMILES string of the molecule is COc1ccc(S(=O)(=O)N(CC(=O)Nc2ccc3ccccc3c2)c2ccccc2F)cc1OC. The zero-order valence-corrected chi connectivity index (χ0v) is 19.9. The number of anilines is 2. The van der Waals surface area contributed by atoms with Gasteiger partial charge >= 0.3 is 0 Å². The molecule has 0 atom stereocenters. The number of nitrogens with one attached hydrogen (secondary N) is 1. The minimum atomic E-state index is -4.36. The van der Waals surface area contributed by atoms with Gasteiger partial charge in [-0.3, -0.25) is 9.10 Å². The molecule has 9 heteroatoms. The lowest BCUT2D eigenvalue weighted by molar-refractivity contribution is -0.114. The Bertz CT molecular complexity index is 1490. The molecular formula is C26H23FN2O5S. The number of hydrogen-bond donors (Lipinski definition) is 1. The van der Waals surface area contributed by atoms with Crippen LogP contribution in [0.25, 0.3) is 10.8 Å². The fraction of sp³-hybridized carbons (Fsp3) is 0.115. The Morgan fingerprint density at radius 2 is 1.54 bits per heavy atom. The Kier molecular flexibility index (Phi) is 6.88. The lowest BCUT2D eigenvalue weighted by Gasteiger charge is -2.25. The van der Waals surface area contributed by atoms with Crippen LogP contribution in [0.4, 0.5) is 15.8 Å². The average molecular weight is 495 g/mol. The third kappa shape index (κ3) is 5.04. The molecule has 7 nitrogen and oxygen atoms in total. The predicted octanol–water partition coefficient (Wildman–Crippen LogP) is 4.83. The summed E-state index contributed by atoms with van der Waals surface area (Å²) in [5.41, 5.74) is 0.238. The molecule has 35 heavy (non-hydrogen) atoms. The van der Waals surface area contributed by atoms with Crippen LogP contribution in [0, 0.1) is 5.82 Å². The van der Waals surface area contributed by atoms with Gasteiger partial charge in [0.15, 0.2) is 11.5 Å². The Balaban J connectivity index is 1.69. The fourth-order valence-electron chi connectivity index (χ4n) is 3.66. The summed E-state index contributed by atoms with van der Waals surface area (Å²) in [6.07, 6.45) is 0. The number of benzene rings is 4. The summed E-state index contributed by atoms with van der Waals surface area (Å²) < 4.78 is 53.0. The Morgan fingerprint density at radius 1 is 0.857 bits per heavy atom. The molecule has 0 radical (unpaired) electrons. The first kappa shape index (κ1) is 24.0. The molecule has 0 aromatic heterocycles. The minimum absolute atomic E-state index is 0.183. The number of carbonyl (C=O) groups is 1. The normalized spacial score (nSPS) is 11.2. The van der Waals surface area contributed by atoms with Crippen molar-refractivity contribution in [3.8, 4) is 11.5 Å². The van der Waals surface area contributed by atoms with Gasteiger partial charge in [-0.2, -0.15) is 0 Å². The Morgan fingerprint density at radius 3 is 2.26 bits per heavy atom. The second-order valence-corrected chi connectivity index (χ2v) is 9.45. The van der Waals surface area contributed by atoms with E-state index in [9.17, 15) is 17.6 Å². The highest BCUT2D eigenvalue weighted by atomic mass is 32.2. The van der Waals surface area contributed by atoms with Crippen molar-refractivity contribution < 1.29 is 27.1 Å². The number of rotatable bonds is 8. The van der Waals surface area contributed by atoms with Crippen molar-refractivity contribution >= 4 is 38.1 Å². The summed E-state index contributed by atoms with van der Waals surface area (Å²) in [6.45, 7) is -0.648. The number of carbonyl (C=O) groups excluding carboxylic acids is 1. The van der Waals surface area contributed by atoms with E-state index in [0.29, 0.717) is 11.4 Å². The Hall–Kier alpha value is -4.11. The molecular weight excluding hydrogens is 471 g/mol. The molecule has 0 spiro atoms. The average Bonchev–Trinajstić information content (AvgIpc) is 2.87. The zero-order valence-electron chi connectivity index (χ0n) is 19.1. The van der Waals surface area contributed by atoms with Crippen molar-refractivity contribution in [3.63, 3.8) is 0 Å². The molecule has 0 aliphatic rings. The predicted molar refractivity (Wildman–Crippen MR) is 133 cm³/mol. The van der Waals surface area contributed by atoms with E-state index in [4.69, 9.17) is 9.47 Å². The number of ether oxygens (including phenoxy) is 2. The topological polar surface area (TPSA) is 84.9 Å². The zero-order chi connectivity index (χ0) is 25.0. The maximum Gasteiger partial charge on any atom is 0.265 e. The summed E-state index contributed by atoms with van der Waals surface area (Å²) in [4.78, 5) is 12.8. The molecule has 4 aromatic carbocycles. The molecule has 0 unspecified atom stereocenters. The summed E-state index contributed by atoms with van der Waals surface area (Å²) in [5.74, 6) is -0.900. The molecule has 0 aliphatic heterocycles. The quantitative estimate of drug-likeness (QED) is 0.379. The number of sulfonamides is 1. The van der Waals surface area contributed by atoms with Crippen molar-refractivity contribution in [2.75, 3.05) is 30.4 Å². The first-order valence-electron chi connectivity index (χ1n) is 10.6. The first-order chi connectivity index (χ1) is 16.8. The number of fused-ring (bicyclic) bond motifs is 1. The molecule has 4 aromatic rings. The van der Waals surface area contributed by atoms with Gasteiger partial charge in [0.05, 0.1) is 24.8 Å². The highest BCUT2D eigenvalue weighted by Crippen LogP contribution is 2.33. The summed E-state index contributed by atoms with van der Waals surface area (Å²) in [6, 6.07) is 22.4. The number of halogens is 1. The van der Waals surface area contributed by atoms with Crippen molar-refractivity contribution in [3.05, 3.63) is 90.7 Å². The van der Waals surface area contributed by atoms with E-state index in [1.54, 1.807) is 12.1 Å². The van der Waals surface area contributed by atoms with Crippen molar-refractivity contribution in [1.82, 2.24) is 0 Å². The highest BCUT2D eigenvalue weighted by molar-refractivity contribution is 7.92. The molecule has 180 valence electrons. The lowest BCUT2D eigenvalue weighted by atomic mass is 10.1.